The smallest absolute Gasteiger partial charge is 0.338 e. The van der Waals surface area contributed by atoms with E-state index in [-0.39, 0.29) is 20.0 Å². The summed E-state index contributed by atoms with van der Waals surface area (Å²) in [6.45, 7) is 2.25. The quantitative estimate of drug-likeness (QED) is 0.429. The number of hydrogen-bond acceptors (Lipinski definition) is 4. The molecule has 4 heteroatoms. The second-order valence-electron chi connectivity index (χ2n) is 2.18. The van der Waals surface area contributed by atoms with Crippen molar-refractivity contribution in [2.24, 2.45) is 0 Å². The molecule has 0 aliphatic carbocycles. The van der Waals surface area contributed by atoms with Crippen molar-refractivity contribution in [1.29, 1.82) is 0 Å². The third kappa shape index (κ3) is 2.53. The summed E-state index contributed by atoms with van der Waals surface area (Å²) in [4.78, 5) is 11.0. The molecule has 0 N–H and O–H groups in total. The molecule has 4 nitrogen and oxygen atoms in total. The molecule has 1 aliphatic heterocycles. The Morgan fingerprint density at radius 1 is 1.75 bits per heavy atom. The van der Waals surface area contributed by atoms with Crippen LogP contribution in [0.25, 0.3) is 0 Å². The molecule has 12 heavy (non-hydrogen) atoms. The Morgan fingerprint density at radius 2 is 2.58 bits per heavy atom. The summed E-state index contributed by atoms with van der Waals surface area (Å²) in [6, 6.07) is 0. The van der Waals surface area contributed by atoms with Gasteiger partial charge in [0, 0.05) is 0 Å². The van der Waals surface area contributed by atoms with Crippen molar-refractivity contribution in [2.45, 2.75) is 13.0 Å². The van der Waals surface area contributed by atoms with Gasteiger partial charge in [-0.05, 0) is 6.92 Å². The minimum absolute atomic E-state index is 0.120. The molecule has 1 heterocycles. The van der Waals surface area contributed by atoms with Crippen molar-refractivity contribution in [3.63, 3.8) is 0 Å². The number of rotatable bonds is 2. The number of ether oxygens (including phenoxy) is 3. The lowest BCUT2D eigenvalue weighted by atomic mass is 10.4. The molecule has 0 radical (unpaired) electrons. The zero-order valence-electron chi connectivity index (χ0n) is 6.83. The van der Waals surface area contributed by atoms with Gasteiger partial charge in [0.05, 0.1) is 6.61 Å². The highest BCUT2D eigenvalue weighted by Gasteiger charge is 2.25. The number of esters is 1. The van der Waals surface area contributed by atoms with Gasteiger partial charge in [0.15, 0.2) is 12.7 Å². The zero-order valence-corrected chi connectivity index (χ0v) is 6.83. The zero-order chi connectivity index (χ0) is 8.81. The maximum absolute atomic E-state index is 11.0. The number of carbonyl (C=O) groups is 1. The largest absolute Gasteiger partial charge is 0.451 e. The highest BCUT2D eigenvalue weighted by molar-refractivity contribution is 5.75. The fraction of sp³-hybridized carbons (Fsp3) is 0.625. The normalized spacial score (nSPS) is 21.2. The minimum atomic E-state index is -0.566. The van der Waals surface area contributed by atoms with E-state index >= 15 is 0 Å². The Balaban J connectivity index is 2.21. The summed E-state index contributed by atoms with van der Waals surface area (Å²) in [6.07, 6.45) is -0.566. The van der Waals surface area contributed by atoms with Crippen LogP contribution in [0, 0.1) is 11.8 Å². The van der Waals surface area contributed by atoms with E-state index in [4.69, 9.17) is 14.2 Å². The highest BCUT2D eigenvalue weighted by Crippen LogP contribution is 2.04. The molecule has 0 aromatic carbocycles. The highest BCUT2D eigenvalue weighted by atomic mass is 16.7. The Hall–Kier alpha value is -1.05. The number of hydrogen-bond donors (Lipinski definition) is 0. The van der Waals surface area contributed by atoms with Crippen molar-refractivity contribution in [3.8, 4) is 11.8 Å². The van der Waals surface area contributed by atoms with Crippen molar-refractivity contribution >= 4 is 5.97 Å². The maximum Gasteiger partial charge on any atom is 0.338 e. The topological polar surface area (TPSA) is 44.8 Å². The Kier molecular flexibility index (Phi) is 3.58. The molecule has 1 saturated heterocycles. The van der Waals surface area contributed by atoms with Gasteiger partial charge in [-0.3, -0.25) is 0 Å². The fourth-order valence-corrected chi connectivity index (χ4v) is 0.742. The van der Waals surface area contributed by atoms with E-state index in [0.29, 0.717) is 0 Å². The molecule has 0 aromatic rings. The van der Waals surface area contributed by atoms with Gasteiger partial charge in [-0.25, -0.2) is 4.79 Å². The van der Waals surface area contributed by atoms with Crippen LogP contribution >= 0.6 is 0 Å². The van der Waals surface area contributed by atoms with Crippen LogP contribution in [0.1, 0.15) is 6.92 Å². The van der Waals surface area contributed by atoms with E-state index in [0.717, 1.165) is 0 Å². The molecule has 1 rings (SSSR count). The Morgan fingerprint density at radius 3 is 3.17 bits per heavy atom. The minimum Gasteiger partial charge on any atom is -0.451 e. The first-order valence-corrected chi connectivity index (χ1v) is 3.60. The summed E-state index contributed by atoms with van der Waals surface area (Å²) in [7, 11) is 0. The summed E-state index contributed by atoms with van der Waals surface area (Å²) in [5.41, 5.74) is 0. The van der Waals surface area contributed by atoms with E-state index in [2.05, 4.69) is 11.8 Å². The van der Waals surface area contributed by atoms with Gasteiger partial charge in [0.25, 0.3) is 0 Å². The predicted molar refractivity (Wildman–Crippen MR) is 40.1 cm³/mol. The second-order valence-corrected chi connectivity index (χ2v) is 2.18. The predicted octanol–water partition coefficient (Wildman–Crippen LogP) is -0.0742. The Bertz CT molecular complexity index is 207. The van der Waals surface area contributed by atoms with E-state index in [1.54, 1.807) is 6.92 Å². The van der Waals surface area contributed by atoms with Gasteiger partial charge in [0.2, 0.25) is 0 Å². The lowest BCUT2D eigenvalue weighted by Crippen LogP contribution is -2.25. The Labute approximate surface area is 70.8 Å². The van der Waals surface area contributed by atoms with Crippen molar-refractivity contribution in [1.82, 2.24) is 0 Å². The first-order valence-electron chi connectivity index (χ1n) is 3.60. The molecule has 1 aliphatic rings. The molecule has 66 valence electrons. The average Bonchev–Trinajstić information content (AvgIpc) is 2.56. The molecule has 1 atom stereocenters. The third-order valence-electron chi connectivity index (χ3n) is 1.35. The first-order chi connectivity index (χ1) is 5.84. The molecule has 0 bridgehead atoms. The van der Waals surface area contributed by atoms with Crippen LogP contribution in [0.2, 0.25) is 0 Å². The van der Waals surface area contributed by atoms with Gasteiger partial charge in [-0.15, -0.1) is 5.92 Å². The van der Waals surface area contributed by atoms with Crippen LogP contribution in [-0.2, 0) is 19.0 Å². The second kappa shape index (κ2) is 4.75. The monoisotopic (exact) mass is 170 g/mol. The molecule has 1 fully saturated rings. The van der Waals surface area contributed by atoms with Crippen LogP contribution in [0.4, 0.5) is 0 Å². The van der Waals surface area contributed by atoms with Crippen molar-refractivity contribution in [3.05, 3.63) is 0 Å². The first kappa shape index (κ1) is 9.04. The van der Waals surface area contributed by atoms with E-state index in [1.807, 2.05) is 0 Å². The molecular weight excluding hydrogens is 160 g/mol. The van der Waals surface area contributed by atoms with Crippen LogP contribution < -0.4 is 0 Å². The van der Waals surface area contributed by atoms with Gasteiger partial charge >= 0.3 is 5.97 Å². The third-order valence-corrected chi connectivity index (χ3v) is 1.35. The molecule has 0 amide bonds. The van der Waals surface area contributed by atoms with Gasteiger partial charge in [-0.2, -0.15) is 0 Å². The SMILES string of the molecule is CC#CCOC(=O)C1COCO1. The van der Waals surface area contributed by atoms with Crippen molar-refractivity contribution in [2.75, 3.05) is 20.0 Å². The van der Waals surface area contributed by atoms with Crippen LogP contribution in [0.15, 0.2) is 0 Å². The van der Waals surface area contributed by atoms with E-state index < -0.39 is 12.1 Å². The van der Waals surface area contributed by atoms with Gasteiger partial charge in [-0.1, -0.05) is 5.92 Å². The molecule has 0 spiro atoms. The summed E-state index contributed by atoms with van der Waals surface area (Å²) in [5, 5.41) is 0. The standard InChI is InChI=1S/C8H10O4/c1-2-3-4-11-8(9)7-5-10-6-12-7/h7H,4-6H2,1H3. The van der Waals surface area contributed by atoms with E-state index in [9.17, 15) is 4.79 Å². The van der Waals surface area contributed by atoms with Crippen LogP contribution in [-0.4, -0.2) is 32.1 Å². The molecule has 0 saturated carbocycles. The summed E-state index contributed by atoms with van der Waals surface area (Å²) >= 11 is 0. The van der Waals surface area contributed by atoms with Crippen molar-refractivity contribution < 1.29 is 19.0 Å². The maximum atomic E-state index is 11.0. The van der Waals surface area contributed by atoms with Crippen LogP contribution in [0.5, 0.6) is 0 Å². The lowest BCUT2D eigenvalue weighted by molar-refractivity contribution is -0.152. The molecule has 0 aromatic heterocycles. The lowest BCUT2D eigenvalue weighted by Gasteiger charge is -2.04. The van der Waals surface area contributed by atoms with Gasteiger partial charge < -0.3 is 14.2 Å². The summed E-state index contributed by atoms with van der Waals surface area (Å²) < 4.78 is 14.5. The van der Waals surface area contributed by atoms with E-state index in [1.165, 1.54) is 0 Å². The fourth-order valence-electron chi connectivity index (χ4n) is 0.742. The van der Waals surface area contributed by atoms with Gasteiger partial charge in [0.1, 0.15) is 6.79 Å². The molecular formula is C8H10O4. The molecule has 1 unspecified atom stereocenters. The number of carbonyl (C=O) groups excluding carboxylic acids is 1. The van der Waals surface area contributed by atoms with Crippen LogP contribution in [0.3, 0.4) is 0 Å². The average molecular weight is 170 g/mol. The summed E-state index contributed by atoms with van der Waals surface area (Å²) in [5.74, 6) is 4.82.